The second-order valence-corrected chi connectivity index (χ2v) is 8.49. The SMILES string of the molecule is Cc1ccc(S(=O)(=O)NC(C(=O)N=c2sccn2C)C(C)C)cc1. The van der Waals surface area contributed by atoms with Gasteiger partial charge in [-0.1, -0.05) is 31.5 Å². The van der Waals surface area contributed by atoms with Gasteiger partial charge in [-0.05, 0) is 25.0 Å². The Balaban J connectivity index is 2.30. The number of amides is 1. The minimum Gasteiger partial charge on any atom is -0.327 e. The number of benzene rings is 1. The number of carbonyl (C=O) groups is 1. The van der Waals surface area contributed by atoms with Crippen molar-refractivity contribution in [1.82, 2.24) is 9.29 Å². The lowest BCUT2D eigenvalue weighted by Crippen LogP contribution is -2.44. The number of rotatable bonds is 5. The molecule has 24 heavy (non-hydrogen) atoms. The average molecular weight is 367 g/mol. The van der Waals surface area contributed by atoms with Gasteiger partial charge in [-0.2, -0.15) is 9.71 Å². The van der Waals surface area contributed by atoms with E-state index in [9.17, 15) is 13.2 Å². The van der Waals surface area contributed by atoms with Gasteiger partial charge in [0.15, 0.2) is 4.80 Å². The summed E-state index contributed by atoms with van der Waals surface area (Å²) < 4.78 is 29.3. The van der Waals surface area contributed by atoms with Crippen LogP contribution in [0.15, 0.2) is 45.7 Å². The molecule has 6 nitrogen and oxygen atoms in total. The zero-order valence-corrected chi connectivity index (χ0v) is 15.7. The molecule has 0 saturated heterocycles. The van der Waals surface area contributed by atoms with Gasteiger partial charge in [-0.15, -0.1) is 11.3 Å². The first-order chi connectivity index (χ1) is 11.2. The molecule has 130 valence electrons. The lowest BCUT2D eigenvalue weighted by molar-refractivity contribution is -0.120. The molecule has 0 aliphatic carbocycles. The van der Waals surface area contributed by atoms with Crippen LogP contribution in [0.25, 0.3) is 0 Å². The van der Waals surface area contributed by atoms with Crippen molar-refractivity contribution in [1.29, 1.82) is 0 Å². The molecule has 1 amide bonds. The van der Waals surface area contributed by atoms with Gasteiger partial charge in [0.25, 0.3) is 5.91 Å². The summed E-state index contributed by atoms with van der Waals surface area (Å²) in [7, 11) is -2.01. The maximum Gasteiger partial charge on any atom is 0.266 e. The standard InChI is InChI=1S/C16H21N3O3S2/c1-11(2)14(15(20)17-16-19(4)9-10-23-16)18-24(21,22)13-7-5-12(3)6-8-13/h5-11,14,18H,1-4H3. The lowest BCUT2D eigenvalue weighted by Gasteiger charge is -2.19. The van der Waals surface area contributed by atoms with Gasteiger partial charge < -0.3 is 4.57 Å². The normalized spacial score (nSPS) is 14.1. The third-order valence-corrected chi connectivity index (χ3v) is 5.82. The molecule has 0 radical (unpaired) electrons. The largest absolute Gasteiger partial charge is 0.327 e. The van der Waals surface area contributed by atoms with Crippen LogP contribution < -0.4 is 9.52 Å². The molecule has 0 spiro atoms. The zero-order valence-electron chi connectivity index (χ0n) is 14.1. The summed E-state index contributed by atoms with van der Waals surface area (Å²) in [5.74, 6) is -0.731. The van der Waals surface area contributed by atoms with E-state index in [1.165, 1.54) is 23.5 Å². The Morgan fingerprint density at radius 3 is 2.38 bits per heavy atom. The molecule has 0 aliphatic heterocycles. The van der Waals surface area contributed by atoms with Gasteiger partial charge in [0, 0.05) is 18.6 Å². The predicted octanol–water partition coefficient (Wildman–Crippen LogP) is 1.83. The van der Waals surface area contributed by atoms with Crippen molar-refractivity contribution < 1.29 is 13.2 Å². The van der Waals surface area contributed by atoms with Crippen LogP contribution in [0.1, 0.15) is 19.4 Å². The van der Waals surface area contributed by atoms with Gasteiger partial charge in [0.2, 0.25) is 10.0 Å². The fourth-order valence-corrected chi connectivity index (χ4v) is 4.10. The second-order valence-electron chi connectivity index (χ2n) is 5.90. The molecule has 2 aromatic rings. The molecule has 2 rings (SSSR count). The Bertz CT molecular complexity index is 878. The van der Waals surface area contributed by atoms with E-state index < -0.39 is 22.0 Å². The minimum absolute atomic E-state index is 0.133. The monoisotopic (exact) mass is 367 g/mol. The van der Waals surface area contributed by atoms with Gasteiger partial charge in [-0.25, -0.2) is 8.42 Å². The van der Waals surface area contributed by atoms with Crippen molar-refractivity contribution in [2.45, 2.75) is 31.7 Å². The van der Waals surface area contributed by atoms with Crippen LogP contribution in [0.4, 0.5) is 0 Å². The molecular formula is C16H21N3O3S2. The van der Waals surface area contributed by atoms with Gasteiger partial charge in [0.05, 0.1) is 4.90 Å². The van der Waals surface area contributed by atoms with Crippen molar-refractivity contribution in [2.24, 2.45) is 18.0 Å². The maximum atomic E-state index is 12.5. The summed E-state index contributed by atoms with van der Waals surface area (Å²) >= 11 is 1.32. The summed E-state index contributed by atoms with van der Waals surface area (Å²) in [6.45, 7) is 5.44. The molecule has 0 bridgehead atoms. The number of hydrogen-bond acceptors (Lipinski definition) is 4. The smallest absolute Gasteiger partial charge is 0.266 e. The molecule has 0 saturated carbocycles. The van der Waals surface area contributed by atoms with Gasteiger partial charge in [-0.3, -0.25) is 4.79 Å². The van der Waals surface area contributed by atoms with E-state index in [1.54, 1.807) is 43.8 Å². The fourth-order valence-electron chi connectivity index (χ4n) is 2.02. The summed E-state index contributed by atoms with van der Waals surface area (Å²) in [5.41, 5.74) is 0.964. The van der Waals surface area contributed by atoms with Crippen molar-refractivity contribution in [3.63, 3.8) is 0 Å². The summed E-state index contributed by atoms with van der Waals surface area (Å²) in [5, 5.41) is 1.81. The molecule has 1 aromatic heterocycles. The Labute approximate surface area is 145 Å². The Hall–Kier alpha value is -1.77. The van der Waals surface area contributed by atoms with E-state index in [0.29, 0.717) is 4.80 Å². The highest BCUT2D eigenvalue weighted by Crippen LogP contribution is 2.13. The van der Waals surface area contributed by atoms with Gasteiger partial charge >= 0.3 is 0 Å². The molecular weight excluding hydrogens is 346 g/mol. The minimum atomic E-state index is -3.79. The van der Waals surface area contributed by atoms with Crippen LogP contribution in [0.2, 0.25) is 0 Å². The molecule has 0 fully saturated rings. The van der Waals surface area contributed by atoms with Crippen LogP contribution in [0.5, 0.6) is 0 Å². The van der Waals surface area contributed by atoms with E-state index in [0.717, 1.165) is 5.56 Å². The van der Waals surface area contributed by atoms with E-state index >= 15 is 0 Å². The topological polar surface area (TPSA) is 80.5 Å². The highest BCUT2D eigenvalue weighted by molar-refractivity contribution is 7.89. The first kappa shape index (κ1) is 18.6. The van der Waals surface area contributed by atoms with Crippen LogP contribution in [0.3, 0.4) is 0 Å². The number of aromatic nitrogens is 1. The number of aryl methyl sites for hydroxylation is 2. The van der Waals surface area contributed by atoms with Crippen molar-refractivity contribution in [2.75, 3.05) is 0 Å². The van der Waals surface area contributed by atoms with Crippen molar-refractivity contribution in [3.05, 3.63) is 46.2 Å². The Morgan fingerprint density at radius 2 is 1.88 bits per heavy atom. The maximum absolute atomic E-state index is 12.5. The highest BCUT2D eigenvalue weighted by atomic mass is 32.2. The quantitative estimate of drug-likeness (QED) is 0.875. The molecule has 8 heteroatoms. The molecule has 1 heterocycles. The summed E-state index contributed by atoms with van der Waals surface area (Å²) in [4.78, 5) is 17.2. The number of nitrogens with zero attached hydrogens (tertiary/aromatic N) is 2. The fraction of sp³-hybridized carbons (Fsp3) is 0.375. The second kappa shape index (κ2) is 7.42. The first-order valence-electron chi connectivity index (χ1n) is 7.48. The molecule has 1 aromatic carbocycles. The Kier molecular flexibility index (Phi) is 5.74. The van der Waals surface area contributed by atoms with E-state index in [1.807, 2.05) is 12.3 Å². The van der Waals surface area contributed by atoms with Crippen LogP contribution in [-0.4, -0.2) is 24.9 Å². The number of thiazole rings is 1. The average Bonchev–Trinajstić information content (AvgIpc) is 2.90. The molecule has 0 aliphatic rings. The number of nitrogens with one attached hydrogen (secondary N) is 1. The summed E-state index contributed by atoms with van der Waals surface area (Å²) in [6, 6.07) is 5.57. The molecule has 1 N–H and O–H groups in total. The molecule has 1 atom stereocenters. The third kappa shape index (κ3) is 4.40. The van der Waals surface area contributed by atoms with Crippen molar-refractivity contribution >= 4 is 27.3 Å². The van der Waals surface area contributed by atoms with E-state index in [4.69, 9.17) is 0 Å². The van der Waals surface area contributed by atoms with E-state index in [2.05, 4.69) is 9.71 Å². The van der Waals surface area contributed by atoms with E-state index in [-0.39, 0.29) is 10.8 Å². The third-order valence-electron chi connectivity index (χ3n) is 3.51. The summed E-state index contributed by atoms with van der Waals surface area (Å²) in [6.07, 6.45) is 1.79. The highest BCUT2D eigenvalue weighted by Gasteiger charge is 2.28. The first-order valence-corrected chi connectivity index (χ1v) is 9.84. The van der Waals surface area contributed by atoms with Gasteiger partial charge in [0.1, 0.15) is 6.04 Å². The number of sulfonamides is 1. The predicted molar refractivity (Wildman–Crippen MR) is 94.0 cm³/mol. The van der Waals surface area contributed by atoms with Crippen molar-refractivity contribution in [3.8, 4) is 0 Å². The van der Waals surface area contributed by atoms with Crippen LogP contribution in [0, 0.1) is 12.8 Å². The van der Waals surface area contributed by atoms with Crippen LogP contribution in [-0.2, 0) is 21.9 Å². The Morgan fingerprint density at radius 1 is 1.25 bits per heavy atom. The van der Waals surface area contributed by atoms with Crippen LogP contribution >= 0.6 is 11.3 Å². The number of carbonyl (C=O) groups excluding carboxylic acids is 1. The lowest BCUT2D eigenvalue weighted by atomic mass is 10.1. The number of hydrogen-bond donors (Lipinski definition) is 1. The molecule has 1 unspecified atom stereocenters. The zero-order chi connectivity index (χ0) is 17.9.